The van der Waals surface area contributed by atoms with Crippen LogP contribution in [0, 0.1) is 6.10 Å². The minimum atomic E-state index is -1.30. The molecule has 0 aromatic rings. The van der Waals surface area contributed by atoms with Crippen molar-refractivity contribution in [2.24, 2.45) is 0 Å². The van der Waals surface area contributed by atoms with Crippen molar-refractivity contribution in [3.05, 3.63) is 6.10 Å². The summed E-state index contributed by atoms with van der Waals surface area (Å²) in [5.41, 5.74) is 0. The first-order valence-electron chi connectivity index (χ1n) is 3.30. The second-order valence-electron chi connectivity index (χ2n) is 2.46. The second kappa shape index (κ2) is 3.46. The van der Waals surface area contributed by atoms with Gasteiger partial charge in [0.15, 0.2) is 0 Å². The van der Waals surface area contributed by atoms with Crippen LogP contribution >= 0.6 is 0 Å². The Labute approximate surface area is 63.8 Å². The number of ether oxygens (including phenoxy) is 1. The lowest BCUT2D eigenvalue weighted by Crippen LogP contribution is -2.50. The number of hydrogen-bond donors (Lipinski definition) is 4. The van der Waals surface area contributed by atoms with Crippen molar-refractivity contribution in [3.8, 4) is 0 Å². The van der Waals surface area contributed by atoms with Gasteiger partial charge in [-0.3, -0.25) is 0 Å². The molecule has 5 heteroatoms. The highest BCUT2D eigenvalue weighted by molar-refractivity contribution is 4.97. The van der Waals surface area contributed by atoms with E-state index >= 15 is 0 Å². The van der Waals surface area contributed by atoms with Crippen molar-refractivity contribution in [3.63, 3.8) is 0 Å². The van der Waals surface area contributed by atoms with E-state index in [1.54, 1.807) is 0 Å². The summed E-state index contributed by atoms with van der Waals surface area (Å²) in [6, 6.07) is 0. The normalized spacial score (nSPS) is 40.9. The Morgan fingerprint density at radius 1 is 1.45 bits per heavy atom. The molecule has 0 amide bonds. The fourth-order valence-corrected chi connectivity index (χ4v) is 0.938. The Kier molecular flexibility index (Phi) is 2.80. The molecule has 3 atom stereocenters. The Morgan fingerprint density at radius 2 is 2.09 bits per heavy atom. The van der Waals surface area contributed by atoms with Crippen LogP contribution in [-0.4, -0.2) is 52.0 Å². The van der Waals surface area contributed by atoms with Crippen LogP contribution < -0.4 is 0 Å². The summed E-state index contributed by atoms with van der Waals surface area (Å²) < 4.78 is 4.78. The van der Waals surface area contributed by atoms with Crippen molar-refractivity contribution < 1.29 is 25.2 Å². The van der Waals surface area contributed by atoms with Gasteiger partial charge in [-0.05, 0) is 0 Å². The van der Waals surface area contributed by atoms with Crippen molar-refractivity contribution in [1.82, 2.24) is 0 Å². The van der Waals surface area contributed by atoms with E-state index in [9.17, 15) is 0 Å². The zero-order valence-electron chi connectivity index (χ0n) is 5.84. The molecule has 1 radical (unpaired) electrons. The fourth-order valence-electron chi connectivity index (χ4n) is 0.938. The molecule has 0 spiro atoms. The van der Waals surface area contributed by atoms with E-state index in [1.165, 1.54) is 0 Å². The summed E-state index contributed by atoms with van der Waals surface area (Å²) in [5.74, 6) is 0. The second-order valence-corrected chi connectivity index (χ2v) is 2.46. The quantitative estimate of drug-likeness (QED) is 0.359. The average Bonchev–Trinajstić information content (AvgIpc) is 2.01. The average molecular weight is 163 g/mol. The summed E-state index contributed by atoms with van der Waals surface area (Å²) in [6.07, 6.45) is -3.65. The van der Waals surface area contributed by atoms with E-state index < -0.39 is 18.3 Å². The summed E-state index contributed by atoms with van der Waals surface area (Å²) in [7, 11) is 0. The lowest BCUT2D eigenvalue weighted by molar-refractivity contribution is -0.160. The van der Waals surface area contributed by atoms with Crippen LogP contribution in [0.25, 0.3) is 0 Å². The van der Waals surface area contributed by atoms with Gasteiger partial charge in [-0.2, -0.15) is 0 Å². The van der Waals surface area contributed by atoms with Gasteiger partial charge in [0, 0.05) is 0 Å². The van der Waals surface area contributed by atoms with Crippen molar-refractivity contribution in [1.29, 1.82) is 0 Å². The van der Waals surface area contributed by atoms with E-state index in [0.29, 0.717) is 0 Å². The molecule has 1 fully saturated rings. The lowest BCUT2D eigenvalue weighted by atomic mass is 10.0. The molecular weight excluding hydrogens is 152 g/mol. The van der Waals surface area contributed by atoms with Gasteiger partial charge in [0.1, 0.15) is 24.4 Å². The van der Waals surface area contributed by atoms with E-state index in [0.717, 1.165) is 0 Å². The van der Waals surface area contributed by atoms with Gasteiger partial charge in [0.25, 0.3) is 0 Å². The van der Waals surface area contributed by atoms with Crippen molar-refractivity contribution in [2.75, 3.05) is 13.2 Å². The Bertz CT molecular complexity index is 126. The van der Waals surface area contributed by atoms with Crippen LogP contribution in [0.3, 0.4) is 0 Å². The summed E-state index contributed by atoms with van der Waals surface area (Å²) in [5, 5.41) is 35.6. The van der Waals surface area contributed by atoms with Gasteiger partial charge in [-0.1, -0.05) is 0 Å². The number of hydrogen-bond acceptors (Lipinski definition) is 5. The Hall–Kier alpha value is -0.200. The largest absolute Gasteiger partial charge is 0.394 e. The number of rotatable bonds is 1. The Balaban J connectivity index is 2.52. The summed E-state index contributed by atoms with van der Waals surface area (Å²) in [6.45, 7) is -0.505. The highest BCUT2D eigenvalue weighted by Crippen LogP contribution is 2.19. The van der Waals surface area contributed by atoms with Crippen LogP contribution in [-0.2, 0) is 4.74 Å². The molecule has 11 heavy (non-hydrogen) atoms. The molecule has 0 saturated carbocycles. The highest BCUT2D eigenvalue weighted by atomic mass is 16.5. The third-order valence-electron chi connectivity index (χ3n) is 1.67. The monoisotopic (exact) mass is 163 g/mol. The molecule has 0 aliphatic carbocycles. The first-order chi connectivity index (χ1) is 5.16. The zero-order chi connectivity index (χ0) is 8.43. The molecule has 1 heterocycles. The first-order valence-corrected chi connectivity index (χ1v) is 3.30. The topological polar surface area (TPSA) is 90.2 Å². The lowest BCUT2D eigenvalue weighted by Gasteiger charge is -2.33. The molecule has 1 rings (SSSR count). The predicted octanol–water partition coefficient (Wildman–Crippen LogP) is -2.00. The molecule has 0 aromatic carbocycles. The van der Waals surface area contributed by atoms with Crippen LogP contribution in [0.5, 0.6) is 0 Å². The molecule has 0 bridgehead atoms. The third kappa shape index (κ3) is 1.69. The molecule has 1 aliphatic rings. The Morgan fingerprint density at radius 3 is 2.64 bits per heavy atom. The molecule has 5 nitrogen and oxygen atoms in total. The van der Waals surface area contributed by atoms with Gasteiger partial charge in [0.2, 0.25) is 0 Å². The molecular formula is C6H11O5. The molecule has 4 N–H and O–H groups in total. The van der Waals surface area contributed by atoms with Gasteiger partial charge in [-0.25, -0.2) is 0 Å². The van der Waals surface area contributed by atoms with Crippen LogP contribution in [0.15, 0.2) is 0 Å². The van der Waals surface area contributed by atoms with Crippen LogP contribution in [0.4, 0.5) is 0 Å². The number of aliphatic hydroxyl groups excluding tert-OH is 4. The molecule has 65 valence electrons. The zero-order valence-corrected chi connectivity index (χ0v) is 5.84. The van der Waals surface area contributed by atoms with Crippen LogP contribution in [0.2, 0.25) is 0 Å². The van der Waals surface area contributed by atoms with E-state index in [2.05, 4.69) is 0 Å². The van der Waals surface area contributed by atoms with Crippen molar-refractivity contribution in [2.45, 2.75) is 18.3 Å². The maximum absolute atomic E-state index is 9.09. The summed E-state index contributed by atoms with van der Waals surface area (Å²) >= 11 is 0. The van der Waals surface area contributed by atoms with E-state index in [4.69, 9.17) is 25.2 Å². The van der Waals surface area contributed by atoms with E-state index in [-0.39, 0.29) is 19.3 Å². The molecule has 1 aliphatic heterocycles. The predicted molar refractivity (Wildman–Crippen MR) is 34.0 cm³/mol. The smallest absolute Gasteiger partial charge is 0.150 e. The minimum absolute atomic E-state index is 0.135. The van der Waals surface area contributed by atoms with Gasteiger partial charge >= 0.3 is 0 Å². The standard InChI is InChI=1S/C6H11O5/c7-1-4-6(10)5(9)3(8)2-11-4/h4-10H,1-2H2/t4-,5-,6+/m1/s1. The van der Waals surface area contributed by atoms with Gasteiger partial charge < -0.3 is 25.2 Å². The SMILES string of the molecule is OC[C@H]1OC[C](O)[C@@H](O)[C@H]1O. The van der Waals surface area contributed by atoms with Crippen LogP contribution in [0.1, 0.15) is 0 Å². The van der Waals surface area contributed by atoms with Gasteiger partial charge in [0.05, 0.1) is 13.2 Å². The third-order valence-corrected chi connectivity index (χ3v) is 1.67. The van der Waals surface area contributed by atoms with Crippen molar-refractivity contribution >= 4 is 0 Å². The highest BCUT2D eigenvalue weighted by Gasteiger charge is 2.37. The molecule has 1 saturated heterocycles. The molecule has 0 aromatic heterocycles. The van der Waals surface area contributed by atoms with Gasteiger partial charge in [-0.15, -0.1) is 0 Å². The minimum Gasteiger partial charge on any atom is -0.394 e. The maximum atomic E-state index is 9.09. The number of aliphatic hydroxyl groups is 4. The summed E-state index contributed by atoms with van der Waals surface area (Å²) in [4.78, 5) is 0. The van der Waals surface area contributed by atoms with E-state index in [1.807, 2.05) is 0 Å². The molecule has 0 unspecified atom stereocenters. The first kappa shape index (κ1) is 8.89. The fraction of sp³-hybridized carbons (Fsp3) is 0.833. The maximum Gasteiger partial charge on any atom is 0.150 e.